The van der Waals surface area contributed by atoms with Gasteiger partial charge < -0.3 is 9.47 Å². The van der Waals surface area contributed by atoms with E-state index in [9.17, 15) is 5.26 Å². The van der Waals surface area contributed by atoms with Crippen LogP contribution in [0, 0.1) is 11.3 Å². The predicted octanol–water partition coefficient (Wildman–Crippen LogP) is 4.58. The van der Waals surface area contributed by atoms with Gasteiger partial charge in [-0.3, -0.25) is 0 Å². The van der Waals surface area contributed by atoms with Crippen molar-refractivity contribution in [3.63, 3.8) is 0 Å². The van der Waals surface area contributed by atoms with E-state index in [4.69, 9.17) is 32.7 Å². The minimum atomic E-state index is -0.168. The molecule has 1 aromatic rings. The molecule has 1 aromatic carbocycles. The Balaban J connectivity index is 1.77. The molecule has 0 aromatic heterocycles. The van der Waals surface area contributed by atoms with Crippen LogP contribution in [0.15, 0.2) is 18.2 Å². The fourth-order valence-electron chi connectivity index (χ4n) is 2.41. The molecule has 0 spiro atoms. The molecule has 1 heterocycles. The quantitative estimate of drug-likeness (QED) is 0.718. The maximum Gasteiger partial charge on any atom is 0.0714 e. The zero-order valence-electron chi connectivity index (χ0n) is 11.9. The predicted molar refractivity (Wildman–Crippen MR) is 83.8 cm³/mol. The minimum Gasteiger partial charge on any atom is -0.381 e. The van der Waals surface area contributed by atoms with Crippen LogP contribution in [0.3, 0.4) is 0 Å². The zero-order valence-corrected chi connectivity index (χ0v) is 13.4. The zero-order chi connectivity index (χ0) is 15.1. The number of nitrogens with zero attached hydrogens (tertiary/aromatic N) is 1. The normalized spacial score (nSPS) is 17.4. The highest BCUT2D eigenvalue weighted by atomic mass is 35.5. The standard InChI is InChI=1S/C16H19Cl2NO2/c17-15-4-3-12(10-16(15)18)13(11-19)2-1-7-21-14-5-8-20-9-6-14/h3-4,10,13-14H,1-2,5-9H2. The molecule has 1 unspecified atom stereocenters. The van der Waals surface area contributed by atoms with Crippen LogP contribution < -0.4 is 0 Å². The Morgan fingerprint density at radius 1 is 1.29 bits per heavy atom. The summed E-state index contributed by atoms with van der Waals surface area (Å²) in [6.45, 7) is 2.26. The van der Waals surface area contributed by atoms with E-state index in [1.807, 2.05) is 6.07 Å². The average molecular weight is 328 g/mol. The Labute approximate surface area is 135 Å². The lowest BCUT2D eigenvalue weighted by molar-refractivity contribution is -0.0327. The largest absolute Gasteiger partial charge is 0.381 e. The van der Waals surface area contributed by atoms with Gasteiger partial charge in [0.1, 0.15) is 0 Å². The molecule has 0 N–H and O–H groups in total. The minimum absolute atomic E-state index is 0.168. The molecule has 5 heteroatoms. The van der Waals surface area contributed by atoms with E-state index in [0.29, 0.717) is 22.8 Å². The van der Waals surface area contributed by atoms with Gasteiger partial charge in [-0.15, -0.1) is 0 Å². The highest BCUT2D eigenvalue weighted by molar-refractivity contribution is 6.42. The number of hydrogen-bond donors (Lipinski definition) is 0. The van der Waals surface area contributed by atoms with Gasteiger partial charge in [-0.05, 0) is 43.4 Å². The van der Waals surface area contributed by atoms with Gasteiger partial charge in [0.25, 0.3) is 0 Å². The summed E-state index contributed by atoms with van der Waals surface area (Å²) in [7, 11) is 0. The van der Waals surface area contributed by atoms with Crippen LogP contribution in [0.1, 0.15) is 37.2 Å². The Bertz CT molecular complexity index is 496. The first-order valence-electron chi connectivity index (χ1n) is 7.24. The van der Waals surface area contributed by atoms with E-state index in [0.717, 1.165) is 44.5 Å². The second-order valence-corrected chi connectivity index (χ2v) is 5.99. The van der Waals surface area contributed by atoms with Gasteiger partial charge in [-0.1, -0.05) is 29.3 Å². The third kappa shape index (κ3) is 5.16. The fraction of sp³-hybridized carbons (Fsp3) is 0.562. The highest BCUT2D eigenvalue weighted by Crippen LogP contribution is 2.28. The molecular formula is C16H19Cl2NO2. The molecule has 0 radical (unpaired) electrons. The first kappa shape index (κ1) is 16.6. The summed E-state index contributed by atoms with van der Waals surface area (Å²) in [5, 5.41) is 10.3. The van der Waals surface area contributed by atoms with E-state index in [1.54, 1.807) is 12.1 Å². The van der Waals surface area contributed by atoms with Crippen LogP contribution in [0.2, 0.25) is 10.0 Å². The summed E-state index contributed by atoms with van der Waals surface area (Å²) in [6.07, 6.45) is 3.86. The third-order valence-electron chi connectivity index (χ3n) is 3.66. The molecule has 3 nitrogen and oxygen atoms in total. The Morgan fingerprint density at radius 3 is 2.71 bits per heavy atom. The van der Waals surface area contributed by atoms with E-state index >= 15 is 0 Å². The van der Waals surface area contributed by atoms with E-state index in [2.05, 4.69) is 6.07 Å². The van der Waals surface area contributed by atoms with E-state index in [1.165, 1.54) is 0 Å². The van der Waals surface area contributed by atoms with Gasteiger partial charge in [-0.2, -0.15) is 5.26 Å². The number of nitriles is 1. The summed E-state index contributed by atoms with van der Waals surface area (Å²) in [5.41, 5.74) is 0.915. The lowest BCUT2D eigenvalue weighted by Crippen LogP contribution is -2.23. The van der Waals surface area contributed by atoms with Gasteiger partial charge >= 0.3 is 0 Å². The molecule has 1 aliphatic rings. The van der Waals surface area contributed by atoms with Crippen LogP contribution >= 0.6 is 23.2 Å². The third-order valence-corrected chi connectivity index (χ3v) is 4.40. The van der Waals surface area contributed by atoms with E-state index < -0.39 is 0 Å². The lowest BCUT2D eigenvalue weighted by Gasteiger charge is -2.22. The van der Waals surface area contributed by atoms with Crippen molar-refractivity contribution in [3.05, 3.63) is 33.8 Å². The summed E-state index contributed by atoms with van der Waals surface area (Å²) in [4.78, 5) is 0. The highest BCUT2D eigenvalue weighted by Gasteiger charge is 2.15. The second-order valence-electron chi connectivity index (χ2n) is 5.18. The molecule has 0 amide bonds. The van der Waals surface area contributed by atoms with Crippen LogP contribution in [-0.4, -0.2) is 25.9 Å². The van der Waals surface area contributed by atoms with Gasteiger partial charge in [0.05, 0.1) is 28.1 Å². The number of hydrogen-bond acceptors (Lipinski definition) is 3. The van der Waals surface area contributed by atoms with Gasteiger partial charge in [-0.25, -0.2) is 0 Å². The molecule has 1 saturated heterocycles. The van der Waals surface area contributed by atoms with Crippen LogP contribution in [-0.2, 0) is 9.47 Å². The SMILES string of the molecule is N#CC(CCCOC1CCOCC1)c1ccc(Cl)c(Cl)c1. The van der Waals surface area contributed by atoms with Crippen molar-refractivity contribution >= 4 is 23.2 Å². The first-order chi connectivity index (χ1) is 10.2. The number of ether oxygens (including phenoxy) is 2. The number of benzene rings is 1. The van der Waals surface area contributed by atoms with Crippen LogP contribution in [0.25, 0.3) is 0 Å². The molecule has 2 rings (SSSR count). The molecule has 0 aliphatic carbocycles. The summed E-state index contributed by atoms with van der Waals surface area (Å²) < 4.78 is 11.1. The van der Waals surface area contributed by atoms with Crippen molar-refractivity contribution in [2.45, 2.75) is 37.7 Å². The smallest absolute Gasteiger partial charge is 0.0714 e. The summed E-state index contributed by atoms with van der Waals surface area (Å²) in [6, 6.07) is 7.70. The lowest BCUT2D eigenvalue weighted by atomic mass is 9.96. The fourth-order valence-corrected chi connectivity index (χ4v) is 2.72. The Kier molecular flexibility index (Phi) is 6.79. The molecule has 21 heavy (non-hydrogen) atoms. The number of halogens is 2. The molecule has 1 fully saturated rings. The maximum absolute atomic E-state index is 9.30. The van der Waals surface area contributed by atoms with E-state index in [-0.39, 0.29) is 5.92 Å². The molecule has 0 bridgehead atoms. The van der Waals surface area contributed by atoms with Gasteiger partial charge in [0.15, 0.2) is 0 Å². The van der Waals surface area contributed by atoms with Crippen molar-refractivity contribution in [1.82, 2.24) is 0 Å². The summed E-state index contributed by atoms with van der Waals surface area (Å²) >= 11 is 11.9. The van der Waals surface area contributed by atoms with Crippen LogP contribution in [0.5, 0.6) is 0 Å². The van der Waals surface area contributed by atoms with Crippen molar-refractivity contribution in [2.75, 3.05) is 19.8 Å². The first-order valence-corrected chi connectivity index (χ1v) is 8.00. The average Bonchev–Trinajstić information content (AvgIpc) is 2.51. The van der Waals surface area contributed by atoms with Gasteiger partial charge in [0.2, 0.25) is 0 Å². The Morgan fingerprint density at radius 2 is 2.05 bits per heavy atom. The maximum atomic E-state index is 9.30. The second kappa shape index (κ2) is 8.60. The van der Waals surface area contributed by atoms with Crippen molar-refractivity contribution in [2.24, 2.45) is 0 Å². The van der Waals surface area contributed by atoms with Gasteiger partial charge in [0, 0.05) is 19.8 Å². The topological polar surface area (TPSA) is 42.2 Å². The van der Waals surface area contributed by atoms with Crippen LogP contribution in [0.4, 0.5) is 0 Å². The molecule has 0 saturated carbocycles. The Hall–Kier alpha value is -0.790. The molecule has 114 valence electrons. The number of rotatable bonds is 6. The van der Waals surface area contributed by atoms with Crippen molar-refractivity contribution < 1.29 is 9.47 Å². The summed E-state index contributed by atoms with van der Waals surface area (Å²) in [5.74, 6) is -0.168. The molecule has 1 atom stereocenters. The van der Waals surface area contributed by atoms with Crippen molar-refractivity contribution in [3.8, 4) is 6.07 Å². The molecule has 1 aliphatic heterocycles. The van der Waals surface area contributed by atoms with Crippen molar-refractivity contribution in [1.29, 1.82) is 5.26 Å². The monoisotopic (exact) mass is 327 g/mol. The molecular weight excluding hydrogens is 309 g/mol.